The number of alkyl halides is 3. The molecule has 5 nitrogen and oxygen atoms in total. The predicted molar refractivity (Wildman–Crippen MR) is 87.5 cm³/mol. The summed E-state index contributed by atoms with van der Waals surface area (Å²) < 4.78 is 40.2. The maximum absolute atomic E-state index is 12.8. The highest BCUT2D eigenvalue weighted by Gasteiger charge is 2.36. The van der Waals surface area contributed by atoms with Crippen molar-refractivity contribution in [2.24, 2.45) is 7.05 Å². The standard InChI is InChI=1S/C15H15F3N4OS/c1-3-24-11-6-8(23)4-5-9(11)13-19-10-7-12(15(16,17)18)20-21-14(10)22(13)2/h4-7,20-21,23H,3H2,1-2H3. The fourth-order valence-corrected chi connectivity index (χ4v) is 3.26. The molecule has 9 heteroatoms. The second-order valence-electron chi connectivity index (χ2n) is 5.15. The number of halogens is 3. The molecule has 0 unspecified atom stereocenters. The third-order valence-corrected chi connectivity index (χ3v) is 4.47. The molecule has 0 spiro atoms. The number of anilines is 1. The van der Waals surface area contributed by atoms with E-state index in [1.807, 2.05) is 6.92 Å². The molecular formula is C15H15F3N4OS. The molecule has 1 aromatic heterocycles. The first-order valence-corrected chi connectivity index (χ1v) is 8.13. The van der Waals surface area contributed by atoms with Crippen LogP contribution in [0.4, 0.5) is 19.0 Å². The van der Waals surface area contributed by atoms with E-state index in [4.69, 9.17) is 0 Å². The maximum Gasteiger partial charge on any atom is 0.432 e. The van der Waals surface area contributed by atoms with E-state index in [0.29, 0.717) is 11.6 Å². The number of fused-ring (bicyclic) bond motifs is 1. The van der Waals surface area contributed by atoms with Crippen LogP contribution in [-0.4, -0.2) is 26.6 Å². The van der Waals surface area contributed by atoms with Crippen LogP contribution >= 0.6 is 11.8 Å². The molecule has 24 heavy (non-hydrogen) atoms. The lowest BCUT2D eigenvalue weighted by Crippen LogP contribution is -2.33. The summed E-state index contributed by atoms with van der Waals surface area (Å²) in [5.41, 5.74) is 4.76. The third-order valence-electron chi connectivity index (χ3n) is 3.53. The number of imidazole rings is 1. The molecule has 2 heterocycles. The van der Waals surface area contributed by atoms with Gasteiger partial charge in [-0.05, 0) is 30.0 Å². The number of thioether (sulfide) groups is 1. The molecule has 0 radical (unpaired) electrons. The van der Waals surface area contributed by atoms with E-state index in [-0.39, 0.29) is 11.4 Å². The zero-order valence-corrected chi connectivity index (χ0v) is 13.7. The largest absolute Gasteiger partial charge is 0.508 e. The minimum absolute atomic E-state index is 0.132. The third kappa shape index (κ3) is 2.91. The molecule has 3 N–H and O–H groups in total. The smallest absolute Gasteiger partial charge is 0.432 e. The van der Waals surface area contributed by atoms with Crippen molar-refractivity contribution in [3.63, 3.8) is 0 Å². The summed E-state index contributed by atoms with van der Waals surface area (Å²) in [6.45, 7) is 1.98. The summed E-state index contributed by atoms with van der Waals surface area (Å²) in [5.74, 6) is 1.88. The van der Waals surface area contributed by atoms with E-state index < -0.39 is 11.9 Å². The number of hydrogen-bond donors (Lipinski definition) is 3. The molecule has 0 saturated heterocycles. The van der Waals surface area contributed by atoms with Crippen LogP contribution in [0.3, 0.4) is 0 Å². The summed E-state index contributed by atoms with van der Waals surface area (Å²) in [7, 11) is 1.72. The Balaban J connectivity index is 2.10. The molecule has 1 aliphatic rings. The van der Waals surface area contributed by atoms with Gasteiger partial charge >= 0.3 is 6.18 Å². The van der Waals surface area contributed by atoms with Gasteiger partial charge in [-0.1, -0.05) is 6.92 Å². The molecule has 0 aliphatic carbocycles. The average molecular weight is 356 g/mol. The van der Waals surface area contributed by atoms with Crippen LogP contribution in [0.1, 0.15) is 12.6 Å². The minimum Gasteiger partial charge on any atom is -0.508 e. The minimum atomic E-state index is -4.48. The summed E-state index contributed by atoms with van der Waals surface area (Å²) >= 11 is 1.53. The number of aromatic nitrogens is 2. The van der Waals surface area contributed by atoms with Crippen LogP contribution in [0, 0.1) is 0 Å². The Morgan fingerprint density at radius 2 is 2.04 bits per heavy atom. The summed E-state index contributed by atoms with van der Waals surface area (Å²) in [5, 5.41) is 9.67. The zero-order chi connectivity index (χ0) is 17.5. The van der Waals surface area contributed by atoms with Crippen LogP contribution in [-0.2, 0) is 7.05 Å². The van der Waals surface area contributed by atoms with Crippen molar-refractivity contribution in [3.05, 3.63) is 29.6 Å². The van der Waals surface area contributed by atoms with Gasteiger partial charge in [0.25, 0.3) is 0 Å². The molecule has 0 amide bonds. The number of nitrogens with zero attached hydrogens (tertiary/aromatic N) is 2. The van der Waals surface area contributed by atoms with Crippen LogP contribution in [0.5, 0.6) is 5.75 Å². The van der Waals surface area contributed by atoms with Gasteiger partial charge in [-0.15, -0.1) is 11.8 Å². The Morgan fingerprint density at radius 3 is 2.71 bits per heavy atom. The van der Waals surface area contributed by atoms with Crippen molar-refractivity contribution < 1.29 is 18.3 Å². The number of hydrazine groups is 1. The van der Waals surface area contributed by atoms with Crippen LogP contribution in [0.2, 0.25) is 0 Å². The number of phenolic OH excluding ortho intramolecular Hbond substituents is 1. The number of hydrogen-bond acceptors (Lipinski definition) is 5. The number of allylic oxidation sites excluding steroid dienone is 1. The second kappa shape index (κ2) is 5.97. The molecule has 0 bridgehead atoms. The molecule has 0 saturated carbocycles. The average Bonchev–Trinajstić information content (AvgIpc) is 2.83. The van der Waals surface area contributed by atoms with Gasteiger partial charge in [0.05, 0.1) is 0 Å². The van der Waals surface area contributed by atoms with Gasteiger partial charge in [0, 0.05) is 17.5 Å². The highest BCUT2D eigenvalue weighted by molar-refractivity contribution is 7.99. The fraction of sp³-hybridized carbons (Fsp3) is 0.267. The van der Waals surface area contributed by atoms with Gasteiger partial charge in [-0.3, -0.25) is 10.9 Å². The topological polar surface area (TPSA) is 62.1 Å². The molecule has 1 aromatic carbocycles. The lowest BCUT2D eigenvalue weighted by atomic mass is 10.2. The first kappa shape index (κ1) is 16.6. The Kier molecular flexibility index (Phi) is 4.12. The molecular weight excluding hydrogens is 341 g/mol. The normalized spacial score (nSPS) is 13.8. The van der Waals surface area contributed by atoms with Crippen LogP contribution in [0.15, 0.2) is 28.8 Å². The van der Waals surface area contributed by atoms with Gasteiger partial charge < -0.3 is 9.67 Å². The van der Waals surface area contributed by atoms with E-state index in [1.165, 1.54) is 17.8 Å². The maximum atomic E-state index is 12.8. The van der Waals surface area contributed by atoms with E-state index >= 15 is 0 Å². The number of rotatable bonds is 3. The Morgan fingerprint density at radius 1 is 1.29 bits per heavy atom. The molecule has 1 aliphatic heterocycles. The summed E-state index contributed by atoms with van der Waals surface area (Å²) in [6, 6.07) is 4.87. The Bertz CT molecular complexity index is 814. The number of benzene rings is 1. The fourth-order valence-electron chi connectivity index (χ4n) is 2.43. The number of nitrogens with one attached hydrogen (secondary N) is 2. The van der Waals surface area contributed by atoms with Crippen molar-refractivity contribution in [2.75, 3.05) is 11.2 Å². The first-order valence-electron chi connectivity index (χ1n) is 7.15. The van der Waals surface area contributed by atoms with Crippen molar-refractivity contribution >= 4 is 23.7 Å². The molecule has 128 valence electrons. The van der Waals surface area contributed by atoms with Crippen molar-refractivity contribution in [1.29, 1.82) is 0 Å². The van der Waals surface area contributed by atoms with Gasteiger partial charge in [0.2, 0.25) is 0 Å². The Hall–Kier alpha value is -2.29. The van der Waals surface area contributed by atoms with Crippen molar-refractivity contribution in [1.82, 2.24) is 15.0 Å². The van der Waals surface area contributed by atoms with E-state index in [1.54, 1.807) is 23.7 Å². The van der Waals surface area contributed by atoms with Gasteiger partial charge in [0.15, 0.2) is 5.82 Å². The monoisotopic (exact) mass is 356 g/mol. The van der Waals surface area contributed by atoms with Crippen LogP contribution in [0.25, 0.3) is 17.5 Å². The predicted octanol–water partition coefficient (Wildman–Crippen LogP) is 3.74. The highest BCUT2D eigenvalue weighted by Crippen LogP contribution is 2.37. The number of phenols is 1. The molecule has 3 rings (SSSR count). The SMILES string of the molecule is CCSc1cc(O)ccc1-c1nc2c(n1C)NNC(C(F)(F)F)=C2. The summed E-state index contributed by atoms with van der Waals surface area (Å²) in [4.78, 5) is 5.16. The van der Waals surface area contributed by atoms with E-state index in [2.05, 4.69) is 15.8 Å². The van der Waals surface area contributed by atoms with Crippen LogP contribution < -0.4 is 10.9 Å². The van der Waals surface area contributed by atoms with Crippen molar-refractivity contribution in [3.8, 4) is 17.1 Å². The van der Waals surface area contributed by atoms with E-state index in [0.717, 1.165) is 22.3 Å². The van der Waals surface area contributed by atoms with E-state index in [9.17, 15) is 18.3 Å². The molecule has 0 atom stereocenters. The lowest BCUT2D eigenvalue weighted by Gasteiger charge is -2.20. The van der Waals surface area contributed by atoms with Gasteiger partial charge in [-0.2, -0.15) is 13.2 Å². The van der Waals surface area contributed by atoms with Crippen molar-refractivity contribution in [2.45, 2.75) is 18.0 Å². The molecule has 2 aromatic rings. The lowest BCUT2D eigenvalue weighted by molar-refractivity contribution is -0.0951. The highest BCUT2D eigenvalue weighted by atomic mass is 32.2. The summed E-state index contributed by atoms with van der Waals surface area (Å²) in [6.07, 6.45) is -3.51. The van der Waals surface area contributed by atoms with Gasteiger partial charge in [0.1, 0.15) is 23.0 Å². The first-order chi connectivity index (χ1) is 11.3. The zero-order valence-electron chi connectivity index (χ0n) is 12.9. The quantitative estimate of drug-likeness (QED) is 0.732. The number of aromatic hydroxyl groups is 1. The Labute approximate surface area is 140 Å². The second-order valence-corrected chi connectivity index (χ2v) is 6.45. The molecule has 0 fully saturated rings. The van der Waals surface area contributed by atoms with Gasteiger partial charge in [-0.25, -0.2) is 4.98 Å².